The number of nitrogen functional groups attached to an aromatic ring is 1. The molecule has 1 saturated heterocycles. The van der Waals surface area contributed by atoms with Crippen LogP contribution in [0.1, 0.15) is 25.7 Å². The number of nitrogens with one attached hydrogen (secondary N) is 1. The summed E-state index contributed by atoms with van der Waals surface area (Å²) in [6.45, 7) is 1.94. The van der Waals surface area contributed by atoms with E-state index >= 15 is 0 Å². The molecule has 2 aromatic heterocycles. The van der Waals surface area contributed by atoms with Crippen LogP contribution >= 0.6 is 11.6 Å². The van der Waals surface area contributed by atoms with Gasteiger partial charge in [-0.3, -0.25) is 4.68 Å². The molecular formula is C16H22ClN7. The van der Waals surface area contributed by atoms with Crippen LogP contribution < -0.4 is 16.0 Å². The van der Waals surface area contributed by atoms with Crippen molar-refractivity contribution in [2.45, 2.75) is 31.7 Å². The highest BCUT2D eigenvalue weighted by molar-refractivity contribution is 6.32. The van der Waals surface area contributed by atoms with Gasteiger partial charge in [-0.05, 0) is 12.8 Å². The maximum Gasteiger partial charge on any atom is 0.232 e. The summed E-state index contributed by atoms with van der Waals surface area (Å²) < 4.78 is 1.80. The molecule has 1 unspecified atom stereocenters. The van der Waals surface area contributed by atoms with Crippen molar-refractivity contribution in [2.75, 3.05) is 23.7 Å². The molecule has 8 heteroatoms. The lowest BCUT2D eigenvalue weighted by Gasteiger charge is -2.38. The second-order valence-electron chi connectivity index (χ2n) is 6.86. The fourth-order valence-corrected chi connectivity index (χ4v) is 4.29. The summed E-state index contributed by atoms with van der Waals surface area (Å²) in [6, 6.07) is 0.282. The Kier molecular flexibility index (Phi) is 3.85. The molecule has 2 aliphatic rings. The highest BCUT2D eigenvalue weighted by Crippen LogP contribution is 2.47. The quantitative estimate of drug-likeness (QED) is 0.884. The molecular weight excluding hydrogens is 326 g/mol. The Hall–Kier alpha value is -1.86. The highest BCUT2D eigenvalue weighted by Gasteiger charge is 2.48. The van der Waals surface area contributed by atoms with E-state index in [2.05, 4.69) is 25.3 Å². The molecule has 0 amide bonds. The van der Waals surface area contributed by atoms with Crippen LogP contribution in [0.5, 0.6) is 0 Å². The first-order valence-corrected chi connectivity index (χ1v) is 8.73. The Labute approximate surface area is 146 Å². The van der Waals surface area contributed by atoms with E-state index < -0.39 is 0 Å². The van der Waals surface area contributed by atoms with Gasteiger partial charge in [0.05, 0.1) is 24.1 Å². The summed E-state index contributed by atoms with van der Waals surface area (Å²) in [5, 5.41) is 8.29. The molecule has 1 spiro atoms. The molecule has 1 aliphatic carbocycles. The lowest BCUT2D eigenvalue weighted by atomic mass is 9.80. The number of rotatable bonds is 3. The zero-order chi connectivity index (χ0) is 16.7. The van der Waals surface area contributed by atoms with Crippen LogP contribution in [0.2, 0.25) is 5.02 Å². The van der Waals surface area contributed by atoms with Crippen molar-refractivity contribution in [1.82, 2.24) is 25.1 Å². The second kappa shape index (κ2) is 5.89. The number of hydrogen-bond donors (Lipinski definition) is 2. The Bertz CT molecular complexity index is 732. The van der Waals surface area contributed by atoms with Crippen LogP contribution in [-0.4, -0.2) is 38.9 Å². The van der Waals surface area contributed by atoms with Crippen LogP contribution in [0.25, 0.3) is 0 Å². The molecule has 2 aromatic rings. The zero-order valence-corrected chi connectivity index (χ0v) is 14.5. The van der Waals surface area contributed by atoms with Gasteiger partial charge in [-0.25, -0.2) is 4.98 Å². The first-order chi connectivity index (χ1) is 11.6. The molecule has 24 heavy (non-hydrogen) atoms. The van der Waals surface area contributed by atoms with E-state index in [-0.39, 0.29) is 11.5 Å². The largest absolute Gasteiger partial charge is 0.382 e. The second-order valence-corrected chi connectivity index (χ2v) is 7.27. The van der Waals surface area contributed by atoms with E-state index in [1.165, 1.54) is 25.7 Å². The van der Waals surface area contributed by atoms with Crippen molar-refractivity contribution in [2.24, 2.45) is 12.5 Å². The fourth-order valence-electron chi connectivity index (χ4n) is 4.20. The third kappa shape index (κ3) is 2.52. The Morgan fingerprint density at radius 2 is 2.17 bits per heavy atom. The van der Waals surface area contributed by atoms with E-state index in [4.69, 9.17) is 17.3 Å². The third-order valence-corrected chi connectivity index (χ3v) is 5.67. The van der Waals surface area contributed by atoms with Crippen LogP contribution in [0.3, 0.4) is 0 Å². The molecule has 1 aliphatic heterocycles. The summed E-state index contributed by atoms with van der Waals surface area (Å²) in [6.07, 6.45) is 10.4. The van der Waals surface area contributed by atoms with E-state index in [0.29, 0.717) is 16.8 Å². The predicted octanol–water partition coefficient (Wildman–Crippen LogP) is 2.12. The molecule has 3 heterocycles. The summed E-state index contributed by atoms with van der Waals surface area (Å²) in [5.41, 5.74) is 7.18. The maximum atomic E-state index is 6.02. The minimum atomic E-state index is 0.258. The van der Waals surface area contributed by atoms with Crippen molar-refractivity contribution >= 4 is 29.1 Å². The van der Waals surface area contributed by atoms with E-state index in [1.807, 2.05) is 19.4 Å². The first kappa shape index (κ1) is 15.7. The summed E-state index contributed by atoms with van der Waals surface area (Å²) >= 11 is 6.02. The lowest BCUT2D eigenvalue weighted by Crippen LogP contribution is -2.44. The number of anilines is 3. The van der Waals surface area contributed by atoms with Crippen LogP contribution in [0, 0.1) is 5.41 Å². The molecule has 0 bridgehead atoms. The zero-order valence-electron chi connectivity index (χ0n) is 13.7. The van der Waals surface area contributed by atoms with Gasteiger partial charge in [0, 0.05) is 31.7 Å². The van der Waals surface area contributed by atoms with Gasteiger partial charge in [-0.15, -0.1) is 0 Å². The summed E-state index contributed by atoms with van der Waals surface area (Å²) in [7, 11) is 1.91. The summed E-state index contributed by atoms with van der Waals surface area (Å²) in [5.74, 6) is 0.895. The molecule has 3 N–H and O–H groups in total. The minimum Gasteiger partial charge on any atom is -0.382 e. The molecule has 7 nitrogen and oxygen atoms in total. The Morgan fingerprint density at radius 3 is 2.83 bits per heavy atom. The molecule has 2 fully saturated rings. The number of aromatic nitrogens is 4. The Balaban J connectivity index is 1.80. The molecule has 0 aromatic carbocycles. The average molecular weight is 348 g/mol. The van der Waals surface area contributed by atoms with Gasteiger partial charge >= 0.3 is 0 Å². The molecule has 0 radical (unpaired) electrons. The van der Waals surface area contributed by atoms with Gasteiger partial charge in [0.1, 0.15) is 10.8 Å². The van der Waals surface area contributed by atoms with Gasteiger partial charge in [0.25, 0.3) is 0 Å². The van der Waals surface area contributed by atoms with Gasteiger partial charge < -0.3 is 16.0 Å². The lowest BCUT2D eigenvalue weighted by molar-refractivity contribution is 0.292. The van der Waals surface area contributed by atoms with Crippen LogP contribution in [0.15, 0.2) is 18.6 Å². The van der Waals surface area contributed by atoms with Gasteiger partial charge in [0.2, 0.25) is 5.95 Å². The smallest absolute Gasteiger partial charge is 0.232 e. The van der Waals surface area contributed by atoms with Gasteiger partial charge in [-0.2, -0.15) is 10.1 Å². The number of hydrogen-bond acceptors (Lipinski definition) is 6. The van der Waals surface area contributed by atoms with Crippen molar-refractivity contribution in [3.63, 3.8) is 0 Å². The normalized spacial score (nSPS) is 22.3. The van der Waals surface area contributed by atoms with Crippen molar-refractivity contribution in [3.05, 3.63) is 23.6 Å². The van der Waals surface area contributed by atoms with Crippen molar-refractivity contribution in [3.8, 4) is 0 Å². The van der Waals surface area contributed by atoms with Gasteiger partial charge in [-0.1, -0.05) is 24.4 Å². The number of halogens is 1. The first-order valence-electron chi connectivity index (χ1n) is 8.36. The standard InChI is InChI=1S/C16H22ClN7/c1-23-9-11(6-21-23)24(15-20-7-12(17)14(18)22-15)13-8-19-10-16(13)4-2-3-5-16/h6-7,9,13,19H,2-5,8,10H2,1H3,(H2,18,20,22). The van der Waals surface area contributed by atoms with Crippen molar-refractivity contribution in [1.29, 1.82) is 0 Å². The fraction of sp³-hybridized carbons (Fsp3) is 0.562. The van der Waals surface area contributed by atoms with E-state index in [1.54, 1.807) is 10.9 Å². The van der Waals surface area contributed by atoms with E-state index in [9.17, 15) is 0 Å². The molecule has 4 rings (SSSR count). The average Bonchev–Trinajstić information content (AvgIpc) is 3.28. The highest BCUT2D eigenvalue weighted by atomic mass is 35.5. The minimum absolute atomic E-state index is 0.258. The molecule has 128 valence electrons. The van der Waals surface area contributed by atoms with Crippen LogP contribution in [-0.2, 0) is 7.05 Å². The maximum absolute atomic E-state index is 6.02. The third-order valence-electron chi connectivity index (χ3n) is 5.38. The van der Waals surface area contributed by atoms with Crippen molar-refractivity contribution < 1.29 is 0 Å². The monoisotopic (exact) mass is 347 g/mol. The van der Waals surface area contributed by atoms with Crippen LogP contribution in [0.4, 0.5) is 17.5 Å². The number of aryl methyl sites for hydroxylation is 1. The number of nitrogens with two attached hydrogens (primary N) is 1. The topological polar surface area (TPSA) is 84.9 Å². The SMILES string of the molecule is Cn1cc(N(c2ncc(Cl)c(N)n2)C2CNCC23CCCC3)cn1. The molecule has 1 atom stereocenters. The molecule has 1 saturated carbocycles. The van der Waals surface area contributed by atoms with E-state index in [0.717, 1.165) is 18.8 Å². The summed E-state index contributed by atoms with van der Waals surface area (Å²) in [4.78, 5) is 11.1. The Morgan fingerprint density at radius 1 is 1.38 bits per heavy atom. The van der Waals surface area contributed by atoms with Gasteiger partial charge in [0.15, 0.2) is 0 Å². The number of nitrogens with zero attached hydrogens (tertiary/aromatic N) is 5. The predicted molar refractivity (Wildman–Crippen MR) is 94.4 cm³/mol.